The van der Waals surface area contributed by atoms with Gasteiger partial charge < -0.3 is 34.9 Å². The molecule has 13 heteroatoms. The topological polar surface area (TPSA) is 137 Å². The molecule has 0 aliphatic heterocycles. The van der Waals surface area contributed by atoms with Gasteiger partial charge in [0.05, 0.1) is 39.9 Å². The van der Waals surface area contributed by atoms with Crippen LogP contribution in [-0.4, -0.2) is 56.9 Å². The van der Waals surface area contributed by atoms with Gasteiger partial charge in [-0.05, 0) is 66.2 Å². The van der Waals surface area contributed by atoms with Crippen LogP contribution in [0.2, 0.25) is 0 Å². The van der Waals surface area contributed by atoms with Crippen molar-refractivity contribution in [3.8, 4) is 34.3 Å². The number of hydrogen-bond acceptors (Lipinski definition) is 10. The van der Waals surface area contributed by atoms with E-state index in [2.05, 4.69) is 20.9 Å². The van der Waals surface area contributed by atoms with Crippen LogP contribution in [0.15, 0.2) is 107 Å². The van der Waals surface area contributed by atoms with Gasteiger partial charge in [-0.1, -0.05) is 36.4 Å². The number of thioether (sulfide) groups is 1. The molecule has 1 heterocycles. The van der Waals surface area contributed by atoms with Gasteiger partial charge in [-0.25, -0.2) is 4.98 Å². The zero-order chi connectivity index (χ0) is 35.5. The van der Waals surface area contributed by atoms with Crippen molar-refractivity contribution in [2.75, 3.05) is 44.8 Å². The maximum atomic E-state index is 13.7. The number of amides is 3. The summed E-state index contributed by atoms with van der Waals surface area (Å²) in [5.41, 5.74) is 2.87. The Hall–Kier alpha value is -5.79. The fourth-order valence-corrected chi connectivity index (χ4v) is 6.25. The lowest BCUT2D eigenvalue weighted by atomic mass is 10.1. The van der Waals surface area contributed by atoms with Crippen LogP contribution in [0, 0.1) is 0 Å². The van der Waals surface area contributed by atoms with Crippen molar-refractivity contribution in [3.05, 3.63) is 113 Å². The normalized spacial score (nSPS) is 10.9. The van der Waals surface area contributed by atoms with E-state index in [1.54, 1.807) is 67.8 Å². The lowest BCUT2D eigenvalue weighted by molar-refractivity contribution is -0.114. The number of benzene rings is 4. The lowest BCUT2D eigenvalue weighted by Crippen LogP contribution is -2.30. The molecule has 3 amide bonds. The number of hydrogen-bond donors (Lipinski definition) is 3. The first-order chi connectivity index (χ1) is 24.3. The molecule has 0 bridgehead atoms. The third kappa shape index (κ3) is 9.01. The van der Waals surface area contributed by atoms with Gasteiger partial charge in [0.1, 0.15) is 11.4 Å². The van der Waals surface area contributed by atoms with Gasteiger partial charge in [-0.3, -0.25) is 14.4 Å². The minimum atomic E-state index is -0.572. The Morgan fingerprint density at radius 3 is 2.18 bits per heavy atom. The van der Waals surface area contributed by atoms with E-state index >= 15 is 0 Å². The SMILES string of the molecule is COc1ccccc1-c1csc(NC(=O)CSc2cccc(NC(=O)/C(=C\c3cc(OC)c(OC)c(OC)c3)NC(=O)c3ccccc3)c2)n1. The monoisotopic (exact) mass is 710 g/mol. The van der Waals surface area contributed by atoms with Crippen LogP contribution in [0.4, 0.5) is 10.8 Å². The quantitative estimate of drug-likeness (QED) is 0.0823. The number of aromatic nitrogens is 1. The molecule has 0 radical (unpaired) electrons. The first kappa shape index (κ1) is 35.5. The fraction of sp³-hybridized carbons (Fsp3) is 0.135. The highest BCUT2D eigenvalue weighted by Gasteiger charge is 2.18. The Morgan fingerprint density at radius 1 is 0.780 bits per heavy atom. The number of nitrogens with zero attached hydrogens (tertiary/aromatic N) is 1. The standard InChI is InChI=1S/C37H34N4O7S2/c1-45-30-16-9-8-15-27(30)29-21-50-37(40-29)41-33(42)22-49-26-14-10-13-25(20-26)38-36(44)28(39-35(43)24-11-6-5-7-12-24)17-23-18-31(46-2)34(48-4)32(19-23)47-3/h5-21H,22H2,1-4H3,(H,38,44)(H,39,43)(H,40,41,42)/b28-17+. The molecule has 50 heavy (non-hydrogen) atoms. The average Bonchev–Trinajstić information content (AvgIpc) is 3.61. The highest BCUT2D eigenvalue weighted by Crippen LogP contribution is 2.39. The maximum absolute atomic E-state index is 13.7. The van der Waals surface area contributed by atoms with Crippen LogP contribution in [0.3, 0.4) is 0 Å². The summed E-state index contributed by atoms with van der Waals surface area (Å²) in [6.07, 6.45) is 1.52. The van der Waals surface area contributed by atoms with Gasteiger partial charge in [0, 0.05) is 27.1 Å². The summed E-state index contributed by atoms with van der Waals surface area (Å²) in [7, 11) is 6.07. The second-order valence-electron chi connectivity index (χ2n) is 10.4. The third-order valence-electron chi connectivity index (χ3n) is 7.12. The number of thiazole rings is 1. The Balaban J connectivity index is 1.29. The highest BCUT2D eigenvalue weighted by atomic mass is 32.2. The molecule has 0 saturated carbocycles. The number of rotatable bonds is 14. The first-order valence-electron chi connectivity index (χ1n) is 15.1. The van der Waals surface area contributed by atoms with Crippen molar-refractivity contribution in [1.29, 1.82) is 0 Å². The molecule has 0 spiro atoms. The summed E-state index contributed by atoms with van der Waals surface area (Å²) in [6.45, 7) is 0. The molecule has 5 rings (SSSR count). The summed E-state index contributed by atoms with van der Waals surface area (Å²) in [5.74, 6) is 0.687. The average molecular weight is 711 g/mol. The summed E-state index contributed by atoms with van der Waals surface area (Å²) >= 11 is 2.62. The van der Waals surface area contributed by atoms with Crippen LogP contribution in [-0.2, 0) is 9.59 Å². The molecule has 1 aromatic heterocycles. The van der Waals surface area contributed by atoms with Gasteiger partial charge in [-0.15, -0.1) is 23.1 Å². The molecular weight excluding hydrogens is 677 g/mol. The molecule has 0 fully saturated rings. The van der Waals surface area contributed by atoms with E-state index in [4.69, 9.17) is 18.9 Å². The van der Waals surface area contributed by atoms with Gasteiger partial charge >= 0.3 is 0 Å². The van der Waals surface area contributed by atoms with Crippen LogP contribution >= 0.6 is 23.1 Å². The van der Waals surface area contributed by atoms with Crippen LogP contribution in [0.25, 0.3) is 17.3 Å². The van der Waals surface area contributed by atoms with E-state index in [-0.39, 0.29) is 17.4 Å². The number of nitrogens with one attached hydrogen (secondary N) is 3. The van der Waals surface area contributed by atoms with Crippen molar-refractivity contribution in [1.82, 2.24) is 10.3 Å². The van der Waals surface area contributed by atoms with Crippen molar-refractivity contribution in [3.63, 3.8) is 0 Å². The van der Waals surface area contributed by atoms with E-state index in [9.17, 15) is 14.4 Å². The fourth-order valence-electron chi connectivity index (χ4n) is 4.77. The van der Waals surface area contributed by atoms with Crippen molar-refractivity contribution in [2.45, 2.75) is 4.90 Å². The van der Waals surface area contributed by atoms with Gasteiger partial charge in [0.2, 0.25) is 11.7 Å². The summed E-state index contributed by atoms with van der Waals surface area (Å²) < 4.78 is 21.8. The maximum Gasteiger partial charge on any atom is 0.272 e. The predicted molar refractivity (Wildman–Crippen MR) is 197 cm³/mol. The van der Waals surface area contributed by atoms with Gasteiger partial charge in [-0.2, -0.15) is 0 Å². The second-order valence-corrected chi connectivity index (χ2v) is 12.3. The van der Waals surface area contributed by atoms with Crippen LogP contribution in [0.5, 0.6) is 23.0 Å². The molecule has 0 aliphatic rings. The molecule has 0 unspecified atom stereocenters. The van der Waals surface area contributed by atoms with E-state index < -0.39 is 11.8 Å². The minimum Gasteiger partial charge on any atom is -0.496 e. The van der Waals surface area contributed by atoms with Crippen molar-refractivity contribution in [2.24, 2.45) is 0 Å². The molecule has 0 aliphatic carbocycles. The second kappa shape index (κ2) is 17.0. The smallest absolute Gasteiger partial charge is 0.272 e. The Kier molecular flexibility index (Phi) is 12.1. The first-order valence-corrected chi connectivity index (χ1v) is 17.0. The highest BCUT2D eigenvalue weighted by molar-refractivity contribution is 8.00. The lowest BCUT2D eigenvalue weighted by Gasteiger charge is -2.15. The molecule has 4 aromatic carbocycles. The molecule has 0 saturated heterocycles. The summed E-state index contributed by atoms with van der Waals surface area (Å²) in [5, 5.41) is 10.8. The summed E-state index contributed by atoms with van der Waals surface area (Å²) in [4.78, 5) is 44.9. The Morgan fingerprint density at radius 2 is 1.48 bits per heavy atom. The molecular formula is C37H34N4O7S2. The largest absolute Gasteiger partial charge is 0.496 e. The van der Waals surface area contributed by atoms with Crippen molar-refractivity contribution < 1.29 is 33.3 Å². The molecule has 0 atom stereocenters. The number of anilines is 2. The number of methoxy groups -OCH3 is 4. The minimum absolute atomic E-state index is 0.0264. The zero-order valence-corrected chi connectivity index (χ0v) is 29.3. The van der Waals surface area contributed by atoms with E-state index in [0.717, 1.165) is 10.5 Å². The molecule has 256 valence electrons. The molecule has 11 nitrogen and oxygen atoms in total. The van der Waals surface area contributed by atoms with E-state index in [1.807, 2.05) is 35.7 Å². The third-order valence-corrected chi connectivity index (χ3v) is 8.87. The Labute approximate surface area is 297 Å². The van der Waals surface area contributed by atoms with E-state index in [1.165, 1.54) is 50.5 Å². The number of carbonyl (C=O) groups excluding carboxylic acids is 3. The Bertz CT molecular complexity index is 1990. The van der Waals surface area contributed by atoms with Gasteiger partial charge in [0.15, 0.2) is 16.6 Å². The van der Waals surface area contributed by atoms with Crippen molar-refractivity contribution >= 4 is 57.7 Å². The van der Waals surface area contributed by atoms with Crippen LogP contribution < -0.4 is 34.9 Å². The molecule has 3 N–H and O–H groups in total. The zero-order valence-electron chi connectivity index (χ0n) is 27.6. The van der Waals surface area contributed by atoms with E-state index in [0.29, 0.717) is 50.6 Å². The predicted octanol–water partition coefficient (Wildman–Crippen LogP) is 6.98. The molecule has 5 aromatic rings. The number of para-hydroxylation sites is 1. The van der Waals surface area contributed by atoms with Crippen LogP contribution in [0.1, 0.15) is 15.9 Å². The number of ether oxygens (including phenoxy) is 4. The van der Waals surface area contributed by atoms with Gasteiger partial charge in [0.25, 0.3) is 11.8 Å². The summed E-state index contributed by atoms with van der Waals surface area (Å²) in [6, 6.07) is 26.5. The number of carbonyl (C=O) groups is 3.